The molecule has 1 unspecified atom stereocenters. The van der Waals surface area contributed by atoms with E-state index in [0.29, 0.717) is 5.82 Å². The van der Waals surface area contributed by atoms with E-state index in [1.807, 2.05) is 0 Å². The third-order valence-corrected chi connectivity index (χ3v) is 3.13. The van der Waals surface area contributed by atoms with E-state index in [1.54, 1.807) is 24.1 Å². The second kappa shape index (κ2) is 5.73. The molecular weight excluding hydrogens is 246 g/mol. The second-order valence-corrected chi connectivity index (χ2v) is 4.76. The maximum Gasteiger partial charge on any atom is 0.244 e. The third kappa shape index (κ3) is 3.46. The molecule has 0 saturated carbocycles. The van der Waals surface area contributed by atoms with Crippen molar-refractivity contribution in [3.63, 3.8) is 0 Å². The summed E-state index contributed by atoms with van der Waals surface area (Å²) in [4.78, 5) is 25.6. The maximum absolute atomic E-state index is 12.0. The number of anilines is 1. The second-order valence-electron chi connectivity index (χ2n) is 4.76. The Hall–Kier alpha value is -2.05. The average molecular weight is 265 g/mol. The monoisotopic (exact) mass is 265 g/mol. The van der Waals surface area contributed by atoms with Crippen molar-refractivity contribution in [1.29, 1.82) is 0 Å². The molecule has 2 rings (SSSR count). The first-order valence-corrected chi connectivity index (χ1v) is 6.43. The van der Waals surface area contributed by atoms with Crippen LogP contribution >= 0.6 is 0 Å². The fourth-order valence-electron chi connectivity index (χ4n) is 2.17. The summed E-state index contributed by atoms with van der Waals surface area (Å²) >= 11 is 0. The van der Waals surface area contributed by atoms with Crippen molar-refractivity contribution in [2.24, 2.45) is 0 Å². The smallest absolute Gasteiger partial charge is 0.244 e. The van der Waals surface area contributed by atoms with E-state index in [1.165, 1.54) is 4.68 Å². The van der Waals surface area contributed by atoms with Gasteiger partial charge in [-0.2, -0.15) is 5.10 Å². The molecule has 1 atom stereocenters. The molecule has 1 saturated heterocycles. The van der Waals surface area contributed by atoms with E-state index >= 15 is 0 Å². The summed E-state index contributed by atoms with van der Waals surface area (Å²) in [5, 5.41) is 6.60. The summed E-state index contributed by atoms with van der Waals surface area (Å²) in [6.07, 6.45) is 3.71. The highest BCUT2D eigenvalue weighted by Crippen LogP contribution is 2.08. The standard InChI is InChI=1S/C12H19N5O2/c1-9(12(19)16-5-2-3-6-16)14-11(18)8-17-7-4-10(13)15-17/h4,7,9H,2-3,5-6,8H2,1H3,(H2,13,15)(H,14,18). The predicted molar refractivity (Wildman–Crippen MR) is 70.1 cm³/mol. The van der Waals surface area contributed by atoms with E-state index in [9.17, 15) is 9.59 Å². The van der Waals surface area contributed by atoms with Crippen molar-refractivity contribution >= 4 is 17.6 Å². The lowest BCUT2D eigenvalue weighted by atomic mass is 10.3. The van der Waals surface area contributed by atoms with Crippen molar-refractivity contribution in [2.75, 3.05) is 18.8 Å². The van der Waals surface area contributed by atoms with Crippen molar-refractivity contribution in [1.82, 2.24) is 20.0 Å². The minimum atomic E-state index is -0.501. The fraction of sp³-hybridized carbons (Fsp3) is 0.583. The molecule has 7 heteroatoms. The van der Waals surface area contributed by atoms with Crippen LogP contribution in [-0.2, 0) is 16.1 Å². The van der Waals surface area contributed by atoms with Gasteiger partial charge in [-0.05, 0) is 25.8 Å². The quantitative estimate of drug-likeness (QED) is 0.774. The zero-order valence-corrected chi connectivity index (χ0v) is 11.0. The maximum atomic E-state index is 12.0. The molecule has 104 valence electrons. The molecular formula is C12H19N5O2. The van der Waals surface area contributed by atoms with Gasteiger partial charge >= 0.3 is 0 Å². The van der Waals surface area contributed by atoms with Crippen molar-refractivity contribution in [2.45, 2.75) is 32.4 Å². The predicted octanol–water partition coefficient (Wildman–Crippen LogP) is -0.408. The summed E-state index contributed by atoms with van der Waals surface area (Å²) < 4.78 is 1.44. The number of nitrogen functional groups attached to an aromatic ring is 1. The lowest BCUT2D eigenvalue weighted by Gasteiger charge is -2.21. The Bertz CT molecular complexity index is 464. The van der Waals surface area contributed by atoms with Gasteiger partial charge in [0.05, 0.1) is 0 Å². The lowest BCUT2D eigenvalue weighted by Crippen LogP contribution is -2.46. The van der Waals surface area contributed by atoms with Gasteiger partial charge in [0.15, 0.2) is 0 Å². The van der Waals surface area contributed by atoms with Gasteiger partial charge in [0.1, 0.15) is 18.4 Å². The Labute approximate surface area is 111 Å². The molecule has 0 radical (unpaired) electrons. The van der Waals surface area contributed by atoms with Crippen molar-refractivity contribution in [3.8, 4) is 0 Å². The molecule has 2 amide bonds. The van der Waals surface area contributed by atoms with Crippen LogP contribution in [0.25, 0.3) is 0 Å². The number of hydrogen-bond acceptors (Lipinski definition) is 4. The third-order valence-electron chi connectivity index (χ3n) is 3.13. The first-order chi connectivity index (χ1) is 9.06. The summed E-state index contributed by atoms with van der Waals surface area (Å²) in [6.45, 7) is 3.34. The Morgan fingerprint density at radius 2 is 2.16 bits per heavy atom. The van der Waals surface area contributed by atoms with E-state index in [0.717, 1.165) is 25.9 Å². The van der Waals surface area contributed by atoms with E-state index in [4.69, 9.17) is 5.73 Å². The topological polar surface area (TPSA) is 93.2 Å². The number of rotatable bonds is 4. The SMILES string of the molecule is CC(NC(=O)Cn1ccc(N)n1)C(=O)N1CCCC1. The molecule has 0 aromatic carbocycles. The summed E-state index contributed by atoms with van der Waals surface area (Å²) in [5.41, 5.74) is 5.46. The van der Waals surface area contributed by atoms with Crippen LogP contribution in [0.3, 0.4) is 0 Å². The van der Waals surface area contributed by atoms with Gasteiger partial charge in [0, 0.05) is 19.3 Å². The molecule has 7 nitrogen and oxygen atoms in total. The Morgan fingerprint density at radius 3 is 2.74 bits per heavy atom. The van der Waals surface area contributed by atoms with Crippen LogP contribution in [0, 0.1) is 0 Å². The first-order valence-electron chi connectivity index (χ1n) is 6.43. The van der Waals surface area contributed by atoms with E-state index in [-0.39, 0.29) is 18.4 Å². The number of carbonyl (C=O) groups excluding carboxylic acids is 2. The van der Waals surface area contributed by atoms with Gasteiger partial charge in [-0.25, -0.2) is 0 Å². The molecule has 19 heavy (non-hydrogen) atoms. The molecule has 0 bridgehead atoms. The summed E-state index contributed by atoms with van der Waals surface area (Å²) in [5.74, 6) is 0.1000. The largest absolute Gasteiger partial charge is 0.382 e. The average Bonchev–Trinajstić information content (AvgIpc) is 2.99. The van der Waals surface area contributed by atoms with Crippen LogP contribution in [0.2, 0.25) is 0 Å². The van der Waals surface area contributed by atoms with Crippen LogP contribution in [0.1, 0.15) is 19.8 Å². The van der Waals surface area contributed by atoms with E-state index < -0.39 is 6.04 Å². The number of nitrogens with zero attached hydrogens (tertiary/aromatic N) is 3. The van der Waals surface area contributed by atoms with Gasteiger partial charge in [0.25, 0.3) is 0 Å². The van der Waals surface area contributed by atoms with Crippen LogP contribution in [0.15, 0.2) is 12.3 Å². The number of carbonyl (C=O) groups is 2. The molecule has 1 fully saturated rings. The van der Waals surface area contributed by atoms with Crippen LogP contribution in [-0.4, -0.2) is 45.6 Å². The molecule has 0 aliphatic carbocycles. The number of nitrogens with two attached hydrogens (primary N) is 1. The van der Waals surface area contributed by atoms with Gasteiger partial charge in [-0.15, -0.1) is 0 Å². The minimum Gasteiger partial charge on any atom is -0.382 e. The zero-order valence-electron chi connectivity index (χ0n) is 11.0. The van der Waals surface area contributed by atoms with Gasteiger partial charge in [0.2, 0.25) is 11.8 Å². The molecule has 1 aliphatic heterocycles. The molecule has 1 aromatic heterocycles. The normalized spacial score (nSPS) is 16.4. The minimum absolute atomic E-state index is 0.0224. The number of hydrogen-bond donors (Lipinski definition) is 2. The van der Waals surface area contributed by atoms with Crippen LogP contribution in [0.4, 0.5) is 5.82 Å². The Balaban J connectivity index is 1.82. The van der Waals surface area contributed by atoms with Gasteiger partial charge in [-0.3, -0.25) is 14.3 Å². The number of nitrogens with one attached hydrogen (secondary N) is 1. The zero-order chi connectivity index (χ0) is 13.8. The lowest BCUT2D eigenvalue weighted by molar-refractivity contribution is -0.135. The van der Waals surface area contributed by atoms with Crippen molar-refractivity contribution < 1.29 is 9.59 Å². The molecule has 2 heterocycles. The number of aromatic nitrogens is 2. The Morgan fingerprint density at radius 1 is 1.47 bits per heavy atom. The molecule has 1 aromatic rings. The fourth-order valence-corrected chi connectivity index (χ4v) is 2.17. The number of amides is 2. The summed E-state index contributed by atoms with van der Waals surface area (Å²) in [7, 11) is 0. The molecule has 1 aliphatic rings. The van der Waals surface area contributed by atoms with Gasteiger partial charge in [-0.1, -0.05) is 0 Å². The molecule has 3 N–H and O–H groups in total. The van der Waals surface area contributed by atoms with Crippen molar-refractivity contribution in [3.05, 3.63) is 12.3 Å². The Kier molecular flexibility index (Phi) is 4.03. The highest BCUT2D eigenvalue weighted by molar-refractivity contribution is 5.87. The molecule has 0 spiro atoms. The highest BCUT2D eigenvalue weighted by Gasteiger charge is 2.24. The highest BCUT2D eigenvalue weighted by atomic mass is 16.2. The van der Waals surface area contributed by atoms with E-state index in [2.05, 4.69) is 10.4 Å². The first kappa shape index (κ1) is 13.4. The van der Waals surface area contributed by atoms with Gasteiger partial charge < -0.3 is 16.0 Å². The summed E-state index contributed by atoms with van der Waals surface area (Å²) in [6, 6.07) is 1.12. The number of likely N-dealkylation sites (tertiary alicyclic amines) is 1. The van der Waals surface area contributed by atoms with Crippen LogP contribution in [0.5, 0.6) is 0 Å². The van der Waals surface area contributed by atoms with Crippen LogP contribution < -0.4 is 11.1 Å².